The van der Waals surface area contributed by atoms with Crippen LogP contribution in [0.2, 0.25) is 39.3 Å². The molecule has 2 aliphatic rings. The van der Waals surface area contributed by atoms with Crippen molar-refractivity contribution in [3.8, 4) is 67.3 Å². The van der Waals surface area contributed by atoms with Crippen LogP contribution in [0.1, 0.15) is 22.3 Å². The van der Waals surface area contributed by atoms with E-state index in [1.807, 2.05) is 0 Å². The molecule has 0 fully saturated rings. The topological polar surface area (TPSA) is 25.8 Å². The van der Waals surface area contributed by atoms with Gasteiger partial charge in [0.15, 0.2) is 5.82 Å². The van der Waals surface area contributed by atoms with Crippen LogP contribution >= 0.6 is 0 Å². The number of benzene rings is 7. The monoisotopic (exact) mass is 766 g/mol. The van der Waals surface area contributed by atoms with Gasteiger partial charge in [0.25, 0.3) is 0 Å². The summed E-state index contributed by atoms with van der Waals surface area (Å²) in [6.07, 6.45) is 0. The lowest BCUT2D eigenvalue weighted by Crippen LogP contribution is -2.37. The maximum Gasteiger partial charge on any atom is 0.160 e. The van der Waals surface area contributed by atoms with E-state index >= 15 is 0 Å². The third-order valence-corrected chi connectivity index (χ3v) is 16.4. The Morgan fingerprint density at radius 2 is 0.737 bits per heavy atom. The molecule has 0 radical (unpaired) electrons. The van der Waals surface area contributed by atoms with Crippen molar-refractivity contribution in [1.29, 1.82) is 0 Å². The van der Waals surface area contributed by atoms with Crippen molar-refractivity contribution in [2.75, 3.05) is 0 Å². The van der Waals surface area contributed by atoms with E-state index in [9.17, 15) is 0 Å². The summed E-state index contributed by atoms with van der Waals surface area (Å²) in [5, 5.41) is 2.89. The number of nitrogens with zero attached hydrogens (tertiary/aromatic N) is 2. The first-order valence-corrected chi connectivity index (χ1v) is 27.2. The summed E-state index contributed by atoms with van der Waals surface area (Å²) in [6, 6.07) is 63.3. The molecule has 0 N–H and O–H groups in total. The molecule has 0 aliphatic heterocycles. The molecule has 2 nitrogen and oxygen atoms in total. The lowest BCUT2D eigenvalue weighted by atomic mass is 9.70. The summed E-state index contributed by atoms with van der Waals surface area (Å²) >= 11 is 0. The fourth-order valence-electron chi connectivity index (χ4n) is 9.27. The van der Waals surface area contributed by atoms with E-state index in [1.54, 1.807) is 0 Å². The summed E-state index contributed by atoms with van der Waals surface area (Å²) in [5.74, 6) is 0.733. The van der Waals surface area contributed by atoms with Gasteiger partial charge in [0, 0.05) is 16.7 Å². The highest BCUT2D eigenvalue weighted by Crippen LogP contribution is 2.63. The van der Waals surface area contributed by atoms with E-state index in [4.69, 9.17) is 9.97 Å². The Kier molecular flexibility index (Phi) is 8.12. The molecule has 276 valence electrons. The smallest absolute Gasteiger partial charge is 0.160 e. The Balaban J connectivity index is 1.12. The molecule has 0 amide bonds. The van der Waals surface area contributed by atoms with Crippen molar-refractivity contribution in [3.63, 3.8) is 0 Å². The molecule has 0 unspecified atom stereocenters. The average molecular weight is 767 g/mol. The molecule has 1 aromatic heterocycles. The second kappa shape index (κ2) is 13.1. The van der Waals surface area contributed by atoms with Gasteiger partial charge in [0.05, 0.1) is 33.0 Å². The quantitative estimate of drug-likeness (QED) is 0.158. The van der Waals surface area contributed by atoms with Gasteiger partial charge in [-0.1, -0.05) is 201 Å². The van der Waals surface area contributed by atoms with E-state index in [0.717, 1.165) is 39.5 Å². The number of aromatic nitrogens is 2. The zero-order valence-corrected chi connectivity index (χ0v) is 35.6. The van der Waals surface area contributed by atoms with Crippen molar-refractivity contribution in [2.24, 2.45) is 0 Å². The minimum absolute atomic E-state index is 0.380. The predicted molar refractivity (Wildman–Crippen MR) is 246 cm³/mol. The van der Waals surface area contributed by atoms with Gasteiger partial charge in [-0.3, -0.25) is 0 Å². The predicted octanol–water partition coefficient (Wildman–Crippen LogP) is 12.6. The lowest BCUT2D eigenvalue weighted by Gasteiger charge is -2.30. The molecule has 1 spiro atoms. The molecule has 2 aliphatic carbocycles. The van der Waals surface area contributed by atoms with Gasteiger partial charge in [0.1, 0.15) is 0 Å². The molecule has 1 heterocycles. The van der Waals surface area contributed by atoms with E-state index in [0.29, 0.717) is 0 Å². The number of rotatable bonds is 6. The Labute approximate surface area is 339 Å². The number of fused-ring (bicyclic) bond motifs is 10. The molecule has 10 rings (SSSR count). The fourth-order valence-corrected chi connectivity index (χ4v) is 11.6. The van der Waals surface area contributed by atoms with Crippen molar-refractivity contribution in [3.05, 3.63) is 192 Å². The van der Waals surface area contributed by atoms with Crippen molar-refractivity contribution >= 4 is 26.5 Å². The van der Waals surface area contributed by atoms with Crippen molar-refractivity contribution < 1.29 is 0 Å². The van der Waals surface area contributed by atoms with Gasteiger partial charge >= 0.3 is 0 Å². The summed E-state index contributed by atoms with van der Waals surface area (Å²) in [4.78, 5) is 10.6. The maximum absolute atomic E-state index is 5.28. The minimum atomic E-state index is -1.44. The highest BCUT2D eigenvalue weighted by atomic mass is 28.3. The van der Waals surface area contributed by atoms with Crippen LogP contribution in [-0.2, 0) is 5.41 Å². The zero-order valence-electron chi connectivity index (χ0n) is 33.6. The first-order chi connectivity index (χ1) is 27.5. The average Bonchev–Trinajstić information content (AvgIpc) is 3.70. The van der Waals surface area contributed by atoms with Crippen molar-refractivity contribution in [1.82, 2.24) is 9.97 Å². The van der Waals surface area contributed by atoms with E-state index in [1.165, 1.54) is 60.4 Å². The van der Waals surface area contributed by atoms with Gasteiger partial charge in [-0.05, 0) is 73.8 Å². The molecule has 7 aromatic carbocycles. The highest BCUT2D eigenvalue weighted by molar-refractivity contribution is 6.89. The van der Waals surface area contributed by atoms with Crippen LogP contribution in [0.5, 0.6) is 0 Å². The molecular weight excluding hydrogens is 721 g/mol. The van der Waals surface area contributed by atoms with Crippen LogP contribution in [-0.4, -0.2) is 26.1 Å². The molecule has 8 aromatic rings. The highest BCUT2D eigenvalue weighted by Gasteiger charge is 2.51. The second-order valence-electron chi connectivity index (χ2n) is 17.8. The van der Waals surface area contributed by atoms with Gasteiger partial charge in [-0.2, -0.15) is 0 Å². The summed E-state index contributed by atoms with van der Waals surface area (Å²) in [6.45, 7) is 14.4. The van der Waals surface area contributed by atoms with E-state index in [2.05, 4.69) is 209 Å². The summed E-state index contributed by atoms with van der Waals surface area (Å²) < 4.78 is 0. The zero-order chi connectivity index (χ0) is 39.1. The second-order valence-corrected chi connectivity index (χ2v) is 28.0. The first kappa shape index (κ1) is 35.5. The van der Waals surface area contributed by atoms with Crippen LogP contribution < -0.4 is 10.4 Å². The van der Waals surface area contributed by atoms with Gasteiger partial charge in [-0.15, -0.1) is 0 Å². The number of hydrogen-bond donors (Lipinski definition) is 0. The minimum Gasteiger partial charge on any atom is -0.228 e. The van der Waals surface area contributed by atoms with Crippen LogP contribution in [0, 0.1) is 0 Å². The maximum atomic E-state index is 5.28. The van der Waals surface area contributed by atoms with Crippen LogP contribution in [0.4, 0.5) is 0 Å². The van der Waals surface area contributed by atoms with Crippen molar-refractivity contribution in [2.45, 2.75) is 44.7 Å². The molecule has 4 heteroatoms. The fraction of sp³-hybridized carbons (Fsp3) is 0.132. The first-order valence-electron chi connectivity index (χ1n) is 20.2. The van der Waals surface area contributed by atoms with E-state index < -0.39 is 16.1 Å². The largest absolute Gasteiger partial charge is 0.228 e. The Morgan fingerprint density at radius 3 is 1.21 bits per heavy atom. The normalized spacial score (nSPS) is 13.6. The Morgan fingerprint density at radius 1 is 0.333 bits per heavy atom. The molecule has 0 saturated heterocycles. The van der Waals surface area contributed by atoms with E-state index in [-0.39, 0.29) is 5.41 Å². The van der Waals surface area contributed by atoms with Crippen LogP contribution in [0.3, 0.4) is 0 Å². The van der Waals surface area contributed by atoms with Gasteiger partial charge in [-0.25, -0.2) is 9.97 Å². The molecule has 0 saturated carbocycles. The molecular formula is C53H46N2Si2. The van der Waals surface area contributed by atoms with Gasteiger partial charge in [0.2, 0.25) is 0 Å². The summed E-state index contributed by atoms with van der Waals surface area (Å²) in [5.41, 5.74) is 17.7. The molecule has 0 bridgehead atoms. The SMILES string of the molecule is C[Si](C)(C)c1ccc(-c2cc(-c3ccc([Si](C)(C)C)cc3)nc(-c3cccc(-c4ccc5c(c4)C4(c6ccccc6-c6ccccc64)c4ccccc4-5)c3)n2)cc1. The Hall–Kier alpha value is -5.95. The summed E-state index contributed by atoms with van der Waals surface area (Å²) in [7, 11) is -2.89. The van der Waals surface area contributed by atoms with Gasteiger partial charge < -0.3 is 0 Å². The standard InChI is InChI=1S/C53H46N2Si2/c1-56(2,3)40-27-22-35(23-28-40)50-34-51(36-24-29-41(30-25-36)57(4,5)6)55-52(54-50)39-15-13-14-37(32-39)38-26-31-45-44-18-9-12-21-48(44)53(49(45)33-38)46-19-10-7-16-42(46)43-17-8-11-20-47(43)53/h7-34H,1-6H3. The third-order valence-electron chi connectivity index (χ3n) is 12.3. The molecule has 57 heavy (non-hydrogen) atoms. The van der Waals surface area contributed by atoms with Crippen LogP contribution in [0.25, 0.3) is 67.3 Å². The van der Waals surface area contributed by atoms with Crippen LogP contribution in [0.15, 0.2) is 170 Å². The molecule has 0 atom stereocenters. The third kappa shape index (κ3) is 5.73. The Bertz CT molecular complexity index is 2720. The lowest BCUT2D eigenvalue weighted by molar-refractivity contribution is 0.794. The number of hydrogen-bond acceptors (Lipinski definition) is 2.